The summed E-state index contributed by atoms with van der Waals surface area (Å²) >= 11 is 0. The van der Waals surface area contributed by atoms with Crippen LogP contribution in [0.5, 0.6) is 0 Å². The highest BCUT2D eigenvalue weighted by atomic mass is 32.2. The fourth-order valence-corrected chi connectivity index (χ4v) is 3.85. The molecule has 2 rings (SSSR count). The van der Waals surface area contributed by atoms with Crippen molar-refractivity contribution in [2.75, 3.05) is 32.7 Å². The van der Waals surface area contributed by atoms with Gasteiger partial charge in [-0.2, -0.15) is 12.7 Å². The van der Waals surface area contributed by atoms with E-state index < -0.39 is 10.2 Å². The van der Waals surface area contributed by atoms with Gasteiger partial charge in [-0.3, -0.25) is 0 Å². The van der Waals surface area contributed by atoms with Gasteiger partial charge in [0.25, 0.3) is 10.2 Å². The van der Waals surface area contributed by atoms with E-state index >= 15 is 0 Å². The number of nitrogens with zero attached hydrogens (tertiary/aromatic N) is 1. The summed E-state index contributed by atoms with van der Waals surface area (Å²) in [5.74, 6) is 0.638. The van der Waals surface area contributed by atoms with Gasteiger partial charge in [-0.25, -0.2) is 4.72 Å². The molecule has 0 aliphatic carbocycles. The smallest absolute Gasteiger partial charge is 0.279 e. The van der Waals surface area contributed by atoms with Crippen LogP contribution in [0, 0.1) is 5.92 Å². The largest absolute Gasteiger partial charge is 0.316 e. The molecule has 2 saturated heterocycles. The number of hydrogen-bond donors (Lipinski definition) is 2. The molecule has 2 aliphatic heterocycles. The zero-order valence-corrected chi connectivity index (χ0v) is 11.1. The fraction of sp³-hybridized carbons (Fsp3) is 1.00. The summed E-state index contributed by atoms with van der Waals surface area (Å²) in [6, 6.07) is 0. The Hall–Kier alpha value is -0.170. The zero-order valence-electron chi connectivity index (χ0n) is 10.3. The third kappa shape index (κ3) is 3.91. The lowest BCUT2D eigenvalue weighted by molar-refractivity contribution is 0.340. The molecule has 1 unspecified atom stereocenters. The number of hydrogen-bond acceptors (Lipinski definition) is 3. The summed E-state index contributed by atoms with van der Waals surface area (Å²) in [5.41, 5.74) is 0. The maximum atomic E-state index is 12.0. The molecular formula is C11H23N3O2S. The molecule has 0 aromatic heterocycles. The molecule has 0 radical (unpaired) electrons. The van der Waals surface area contributed by atoms with E-state index in [9.17, 15) is 8.42 Å². The highest BCUT2D eigenvalue weighted by Crippen LogP contribution is 2.13. The van der Waals surface area contributed by atoms with Crippen molar-refractivity contribution in [1.82, 2.24) is 14.3 Å². The van der Waals surface area contributed by atoms with E-state index in [1.807, 2.05) is 0 Å². The van der Waals surface area contributed by atoms with E-state index in [0.717, 1.165) is 38.8 Å². The maximum Gasteiger partial charge on any atom is 0.279 e. The van der Waals surface area contributed by atoms with Gasteiger partial charge in [-0.1, -0.05) is 6.42 Å². The summed E-state index contributed by atoms with van der Waals surface area (Å²) < 4.78 is 28.2. The van der Waals surface area contributed by atoms with Crippen LogP contribution in [0.4, 0.5) is 0 Å². The minimum atomic E-state index is -3.21. The molecule has 2 aliphatic rings. The molecule has 0 bridgehead atoms. The number of rotatable bonds is 5. The Bertz CT molecular complexity index is 320. The van der Waals surface area contributed by atoms with Crippen LogP contribution in [0.2, 0.25) is 0 Å². The number of piperidine rings is 1. The second kappa shape index (κ2) is 6.13. The van der Waals surface area contributed by atoms with Crippen LogP contribution in [0.1, 0.15) is 32.1 Å². The molecule has 0 amide bonds. The van der Waals surface area contributed by atoms with Crippen LogP contribution >= 0.6 is 0 Å². The Kier molecular flexibility index (Phi) is 4.78. The van der Waals surface area contributed by atoms with Gasteiger partial charge in [0.05, 0.1) is 0 Å². The Balaban J connectivity index is 1.72. The van der Waals surface area contributed by atoms with Crippen molar-refractivity contribution in [2.24, 2.45) is 5.92 Å². The molecule has 0 aromatic rings. The first kappa shape index (κ1) is 13.3. The van der Waals surface area contributed by atoms with Crippen LogP contribution in [-0.4, -0.2) is 45.4 Å². The molecule has 17 heavy (non-hydrogen) atoms. The highest BCUT2D eigenvalue weighted by molar-refractivity contribution is 7.87. The molecule has 6 heteroatoms. The minimum absolute atomic E-state index is 0.575. The lowest BCUT2D eigenvalue weighted by atomic mass is 10.1. The summed E-state index contributed by atoms with van der Waals surface area (Å²) in [6.45, 7) is 4.04. The minimum Gasteiger partial charge on any atom is -0.316 e. The molecule has 2 heterocycles. The van der Waals surface area contributed by atoms with Gasteiger partial charge >= 0.3 is 0 Å². The van der Waals surface area contributed by atoms with Crippen LogP contribution in [0.3, 0.4) is 0 Å². The van der Waals surface area contributed by atoms with Gasteiger partial charge < -0.3 is 5.32 Å². The van der Waals surface area contributed by atoms with Gasteiger partial charge in [-0.15, -0.1) is 0 Å². The van der Waals surface area contributed by atoms with Crippen molar-refractivity contribution in [2.45, 2.75) is 32.1 Å². The first-order valence-electron chi connectivity index (χ1n) is 6.64. The van der Waals surface area contributed by atoms with Gasteiger partial charge in [0, 0.05) is 19.6 Å². The normalized spacial score (nSPS) is 27.4. The topological polar surface area (TPSA) is 61.4 Å². The average molecular weight is 261 g/mol. The van der Waals surface area contributed by atoms with Crippen LogP contribution in [-0.2, 0) is 10.2 Å². The van der Waals surface area contributed by atoms with Gasteiger partial charge in [-0.05, 0) is 44.7 Å². The summed E-state index contributed by atoms with van der Waals surface area (Å²) in [7, 11) is -3.21. The molecule has 0 spiro atoms. The van der Waals surface area contributed by atoms with E-state index in [4.69, 9.17) is 0 Å². The van der Waals surface area contributed by atoms with Gasteiger partial charge in [0.1, 0.15) is 0 Å². The molecule has 2 fully saturated rings. The standard InChI is InChI=1S/C11H23N3O2S/c15-17(16,14-8-2-1-3-9-14)13-7-5-11-4-6-12-10-11/h11-13H,1-10H2. The Labute approximate surface area is 104 Å². The third-order valence-electron chi connectivity index (χ3n) is 3.65. The van der Waals surface area contributed by atoms with E-state index in [0.29, 0.717) is 25.6 Å². The van der Waals surface area contributed by atoms with E-state index in [1.165, 1.54) is 6.42 Å². The maximum absolute atomic E-state index is 12.0. The monoisotopic (exact) mass is 261 g/mol. The van der Waals surface area contributed by atoms with Gasteiger partial charge in [0.15, 0.2) is 0 Å². The molecular weight excluding hydrogens is 238 g/mol. The molecule has 5 nitrogen and oxygen atoms in total. The molecule has 1 atom stereocenters. The summed E-state index contributed by atoms with van der Waals surface area (Å²) in [4.78, 5) is 0. The van der Waals surface area contributed by atoms with Crippen molar-refractivity contribution < 1.29 is 8.42 Å². The molecule has 0 aromatic carbocycles. The first-order chi connectivity index (χ1) is 8.18. The zero-order chi connectivity index (χ0) is 12.1. The van der Waals surface area contributed by atoms with E-state index in [2.05, 4.69) is 10.0 Å². The Morgan fingerprint density at radius 2 is 2.00 bits per heavy atom. The quantitative estimate of drug-likeness (QED) is 0.748. The highest BCUT2D eigenvalue weighted by Gasteiger charge is 2.23. The van der Waals surface area contributed by atoms with Crippen molar-refractivity contribution in [1.29, 1.82) is 0 Å². The fourth-order valence-electron chi connectivity index (χ4n) is 2.55. The van der Waals surface area contributed by atoms with E-state index in [1.54, 1.807) is 4.31 Å². The molecule has 0 saturated carbocycles. The van der Waals surface area contributed by atoms with E-state index in [-0.39, 0.29) is 0 Å². The third-order valence-corrected chi connectivity index (χ3v) is 5.27. The summed E-state index contributed by atoms with van der Waals surface area (Å²) in [5, 5.41) is 3.30. The van der Waals surface area contributed by atoms with Crippen LogP contribution < -0.4 is 10.0 Å². The SMILES string of the molecule is O=S(=O)(NCCC1CCNC1)N1CCCCC1. The predicted octanol–water partition coefficient (Wildman–Crippen LogP) is 0.306. The lowest BCUT2D eigenvalue weighted by Gasteiger charge is -2.26. The summed E-state index contributed by atoms with van der Waals surface area (Å²) in [6.07, 6.45) is 5.26. The Morgan fingerprint density at radius 3 is 2.65 bits per heavy atom. The van der Waals surface area contributed by atoms with Crippen LogP contribution in [0.25, 0.3) is 0 Å². The second-order valence-electron chi connectivity index (χ2n) is 5.01. The van der Waals surface area contributed by atoms with Crippen molar-refractivity contribution in [3.8, 4) is 0 Å². The molecule has 100 valence electrons. The van der Waals surface area contributed by atoms with Crippen molar-refractivity contribution in [3.63, 3.8) is 0 Å². The van der Waals surface area contributed by atoms with Gasteiger partial charge in [0.2, 0.25) is 0 Å². The first-order valence-corrected chi connectivity index (χ1v) is 8.08. The predicted molar refractivity (Wildman–Crippen MR) is 67.9 cm³/mol. The lowest BCUT2D eigenvalue weighted by Crippen LogP contribution is -2.43. The van der Waals surface area contributed by atoms with Crippen LogP contribution in [0.15, 0.2) is 0 Å². The average Bonchev–Trinajstić information content (AvgIpc) is 2.83. The second-order valence-corrected chi connectivity index (χ2v) is 6.76. The van der Waals surface area contributed by atoms with Crippen molar-refractivity contribution in [3.05, 3.63) is 0 Å². The number of nitrogens with one attached hydrogen (secondary N) is 2. The van der Waals surface area contributed by atoms with Crippen molar-refractivity contribution >= 4 is 10.2 Å². The molecule has 2 N–H and O–H groups in total. The Morgan fingerprint density at radius 1 is 1.24 bits per heavy atom.